The van der Waals surface area contributed by atoms with Crippen LogP contribution in [0, 0.1) is 5.41 Å². The van der Waals surface area contributed by atoms with E-state index in [4.69, 9.17) is 11.1 Å². The fourth-order valence-corrected chi connectivity index (χ4v) is 2.32. The third kappa shape index (κ3) is 2.00. The van der Waals surface area contributed by atoms with Crippen LogP contribution < -0.4 is 5.73 Å². The summed E-state index contributed by atoms with van der Waals surface area (Å²) in [6.07, 6.45) is 0. The molecule has 5 nitrogen and oxygen atoms in total. The second-order valence-corrected chi connectivity index (χ2v) is 4.98. The van der Waals surface area contributed by atoms with Crippen molar-refractivity contribution in [1.82, 2.24) is 15.0 Å². The number of hydrogen-bond donors (Lipinski definition) is 2. The Morgan fingerprint density at radius 3 is 2.79 bits per heavy atom. The molecular formula is C13H10BrN5. The van der Waals surface area contributed by atoms with Gasteiger partial charge in [-0.25, -0.2) is 4.68 Å². The van der Waals surface area contributed by atoms with E-state index in [1.807, 2.05) is 36.4 Å². The predicted octanol–water partition coefficient (Wildman–Crippen LogP) is 2.47. The van der Waals surface area contributed by atoms with E-state index >= 15 is 0 Å². The van der Waals surface area contributed by atoms with E-state index in [1.165, 1.54) is 0 Å². The topological polar surface area (TPSA) is 80.6 Å². The number of para-hydroxylation sites is 1. The van der Waals surface area contributed by atoms with E-state index in [9.17, 15) is 0 Å². The average Bonchev–Trinajstić information content (AvgIpc) is 2.82. The summed E-state index contributed by atoms with van der Waals surface area (Å²) in [7, 11) is 0. The van der Waals surface area contributed by atoms with Crippen LogP contribution in [0.25, 0.3) is 16.7 Å². The van der Waals surface area contributed by atoms with Crippen molar-refractivity contribution in [2.24, 2.45) is 5.73 Å². The molecule has 1 heterocycles. The fourth-order valence-electron chi connectivity index (χ4n) is 1.96. The zero-order valence-electron chi connectivity index (χ0n) is 9.84. The van der Waals surface area contributed by atoms with Crippen LogP contribution in [0.15, 0.2) is 46.9 Å². The van der Waals surface area contributed by atoms with Crippen molar-refractivity contribution in [3.8, 4) is 5.69 Å². The maximum absolute atomic E-state index is 7.68. The minimum atomic E-state index is -0.00381. The number of amidine groups is 1. The second kappa shape index (κ2) is 4.47. The number of rotatable bonds is 2. The van der Waals surface area contributed by atoms with Gasteiger partial charge >= 0.3 is 0 Å². The summed E-state index contributed by atoms with van der Waals surface area (Å²) in [6.45, 7) is 0. The SMILES string of the molecule is N=C(N)c1cc(Br)ccc1-n1nnc2ccccc21. The maximum Gasteiger partial charge on any atom is 0.125 e. The van der Waals surface area contributed by atoms with E-state index in [1.54, 1.807) is 10.7 Å². The van der Waals surface area contributed by atoms with Gasteiger partial charge in [-0.1, -0.05) is 33.3 Å². The highest BCUT2D eigenvalue weighted by molar-refractivity contribution is 9.10. The van der Waals surface area contributed by atoms with Gasteiger partial charge in [-0.3, -0.25) is 5.41 Å². The number of nitrogens with zero attached hydrogens (tertiary/aromatic N) is 3. The van der Waals surface area contributed by atoms with Gasteiger partial charge < -0.3 is 5.73 Å². The highest BCUT2D eigenvalue weighted by atomic mass is 79.9. The molecule has 0 unspecified atom stereocenters. The third-order valence-electron chi connectivity index (χ3n) is 2.83. The molecule has 0 aliphatic carbocycles. The number of nitrogen functional groups attached to an aromatic ring is 1. The summed E-state index contributed by atoms with van der Waals surface area (Å²) in [5.41, 5.74) is 8.68. The highest BCUT2D eigenvalue weighted by Gasteiger charge is 2.12. The molecule has 0 spiro atoms. The Balaban J connectivity index is 2.30. The first-order chi connectivity index (χ1) is 9.16. The van der Waals surface area contributed by atoms with E-state index in [0.29, 0.717) is 5.56 Å². The Kier molecular flexibility index (Phi) is 2.79. The molecule has 1 aromatic heterocycles. The van der Waals surface area contributed by atoms with Crippen LogP contribution in [-0.4, -0.2) is 20.8 Å². The quantitative estimate of drug-likeness (QED) is 0.563. The van der Waals surface area contributed by atoms with Gasteiger partial charge in [-0.2, -0.15) is 0 Å². The van der Waals surface area contributed by atoms with Crippen molar-refractivity contribution in [2.45, 2.75) is 0 Å². The third-order valence-corrected chi connectivity index (χ3v) is 3.32. The number of fused-ring (bicyclic) bond motifs is 1. The Bertz CT molecular complexity index is 778. The number of benzene rings is 2. The molecule has 3 N–H and O–H groups in total. The first kappa shape index (κ1) is 11.9. The van der Waals surface area contributed by atoms with Gasteiger partial charge in [0.05, 0.1) is 11.2 Å². The van der Waals surface area contributed by atoms with Gasteiger partial charge in [-0.05, 0) is 30.3 Å². The fraction of sp³-hybridized carbons (Fsp3) is 0. The van der Waals surface area contributed by atoms with Crippen LogP contribution in [0.5, 0.6) is 0 Å². The minimum absolute atomic E-state index is 0.00381. The number of halogens is 1. The van der Waals surface area contributed by atoms with Crippen LogP contribution in [0.1, 0.15) is 5.56 Å². The Morgan fingerprint density at radius 1 is 1.21 bits per heavy atom. The molecule has 0 aliphatic heterocycles. The van der Waals surface area contributed by atoms with Crippen LogP contribution in [-0.2, 0) is 0 Å². The Hall–Kier alpha value is -2.21. The van der Waals surface area contributed by atoms with Crippen LogP contribution >= 0.6 is 15.9 Å². The van der Waals surface area contributed by atoms with Gasteiger partial charge in [0.2, 0.25) is 0 Å². The molecule has 0 bridgehead atoms. The molecule has 19 heavy (non-hydrogen) atoms. The normalized spacial score (nSPS) is 10.8. The lowest BCUT2D eigenvalue weighted by molar-refractivity contribution is 0.822. The molecule has 0 amide bonds. The average molecular weight is 316 g/mol. The van der Waals surface area contributed by atoms with Gasteiger partial charge in [0.15, 0.2) is 0 Å². The zero-order valence-corrected chi connectivity index (χ0v) is 11.4. The van der Waals surface area contributed by atoms with Crippen LogP contribution in [0.4, 0.5) is 0 Å². The molecule has 94 valence electrons. The maximum atomic E-state index is 7.68. The number of nitrogens with one attached hydrogen (secondary N) is 1. The molecule has 0 radical (unpaired) electrons. The monoisotopic (exact) mass is 315 g/mol. The summed E-state index contributed by atoms with van der Waals surface area (Å²) in [6, 6.07) is 13.2. The van der Waals surface area contributed by atoms with Gasteiger partial charge in [0.25, 0.3) is 0 Å². The largest absolute Gasteiger partial charge is 0.384 e. The molecule has 2 aromatic carbocycles. The lowest BCUT2D eigenvalue weighted by Crippen LogP contribution is -2.15. The molecule has 6 heteroatoms. The molecule has 0 fully saturated rings. The van der Waals surface area contributed by atoms with Gasteiger partial charge in [0.1, 0.15) is 11.4 Å². The van der Waals surface area contributed by atoms with E-state index in [-0.39, 0.29) is 5.84 Å². The predicted molar refractivity (Wildman–Crippen MR) is 77.6 cm³/mol. The first-order valence-corrected chi connectivity index (χ1v) is 6.41. The highest BCUT2D eigenvalue weighted by Crippen LogP contribution is 2.22. The minimum Gasteiger partial charge on any atom is -0.384 e. The summed E-state index contributed by atoms with van der Waals surface area (Å²) < 4.78 is 2.56. The van der Waals surface area contributed by atoms with Crippen molar-refractivity contribution in [1.29, 1.82) is 5.41 Å². The molecule has 0 saturated carbocycles. The van der Waals surface area contributed by atoms with E-state index < -0.39 is 0 Å². The van der Waals surface area contributed by atoms with Crippen molar-refractivity contribution < 1.29 is 0 Å². The second-order valence-electron chi connectivity index (χ2n) is 4.07. The molecule has 0 atom stereocenters. The molecule has 0 saturated heterocycles. The lowest BCUT2D eigenvalue weighted by atomic mass is 10.1. The van der Waals surface area contributed by atoms with Gasteiger partial charge in [-0.15, -0.1) is 5.10 Å². The number of hydrogen-bond acceptors (Lipinski definition) is 3. The summed E-state index contributed by atoms with van der Waals surface area (Å²) in [5.74, 6) is -0.00381. The van der Waals surface area contributed by atoms with Crippen molar-refractivity contribution in [3.63, 3.8) is 0 Å². The number of aromatic nitrogens is 3. The Labute approximate surface area is 117 Å². The van der Waals surface area contributed by atoms with E-state index in [0.717, 1.165) is 21.2 Å². The van der Waals surface area contributed by atoms with Crippen LogP contribution in [0.2, 0.25) is 0 Å². The molecule has 0 aliphatic rings. The lowest BCUT2D eigenvalue weighted by Gasteiger charge is -2.09. The van der Waals surface area contributed by atoms with E-state index in [2.05, 4.69) is 26.2 Å². The molecule has 3 aromatic rings. The summed E-state index contributed by atoms with van der Waals surface area (Å²) in [4.78, 5) is 0. The summed E-state index contributed by atoms with van der Waals surface area (Å²) >= 11 is 3.38. The smallest absolute Gasteiger partial charge is 0.125 e. The molecular weight excluding hydrogens is 306 g/mol. The van der Waals surface area contributed by atoms with Gasteiger partial charge in [0, 0.05) is 10.0 Å². The van der Waals surface area contributed by atoms with Crippen LogP contribution in [0.3, 0.4) is 0 Å². The zero-order chi connectivity index (χ0) is 13.4. The van der Waals surface area contributed by atoms with Crippen molar-refractivity contribution in [2.75, 3.05) is 0 Å². The molecule has 3 rings (SSSR count). The van der Waals surface area contributed by atoms with Crippen molar-refractivity contribution in [3.05, 3.63) is 52.5 Å². The van der Waals surface area contributed by atoms with Crippen molar-refractivity contribution >= 4 is 32.8 Å². The summed E-state index contributed by atoms with van der Waals surface area (Å²) in [5, 5.41) is 15.9. The Morgan fingerprint density at radius 2 is 2.00 bits per heavy atom. The first-order valence-electron chi connectivity index (χ1n) is 5.61. The standard InChI is InChI=1S/C13H10BrN5/c14-8-5-6-11(9(7-8)13(15)16)19-12-4-2-1-3-10(12)17-18-19/h1-7H,(H3,15,16). The number of nitrogens with two attached hydrogens (primary N) is 1.